The van der Waals surface area contributed by atoms with Crippen LogP contribution in [-0.2, 0) is 11.3 Å². The molecule has 2 N–H and O–H groups in total. The van der Waals surface area contributed by atoms with Crippen LogP contribution in [0.3, 0.4) is 0 Å². The molecule has 0 atom stereocenters. The Balaban J connectivity index is 0.000000791. The summed E-state index contributed by atoms with van der Waals surface area (Å²) >= 11 is 0. The molecule has 78 valence electrons. The van der Waals surface area contributed by atoms with Crippen molar-refractivity contribution in [2.45, 2.75) is 20.4 Å². The number of carbonyl (C=O) groups is 1. The van der Waals surface area contributed by atoms with E-state index in [0.717, 1.165) is 5.56 Å². The molecule has 3 heteroatoms. The fourth-order valence-corrected chi connectivity index (χ4v) is 1.01. The van der Waals surface area contributed by atoms with Crippen molar-refractivity contribution in [3.63, 3.8) is 0 Å². The van der Waals surface area contributed by atoms with Crippen molar-refractivity contribution in [1.82, 2.24) is 0 Å². The quantitative estimate of drug-likeness (QED) is 0.734. The molecule has 0 amide bonds. The van der Waals surface area contributed by atoms with Crippen LogP contribution in [0.15, 0.2) is 24.3 Å². The van der Waals surface area contributed by atoms with Crippen molar-refractivity contribution in [3.05, 3.63) is 35.4 Å². The lowest BCUT2D eigenvalue weighted by atomic mass is 10.1. The van der Waals surface area contributed by atoms with Gasteiger partial charge in [0.25, 0.3) is 0 Å². The standard InChI is InChI=1S/C9H11NO2.C2H6/c1-12-9(11)8-5-3-2-4-7(8)6-10;1-2/h2-5H,6,10H2,1H3;1-2H3. The molecule has 0 saturated heterocycles. The monoisotopic (exact) mass is 195 g/mol. The van der Waals surface area contributed by atoms with E-state index in [-0.39, 0.29) is 5.97 Å². The second-order valence-electron chi connectivity index (χ2n) is 2.35. The second-order valence-corrected chi connectivity index (χ2v) is 2.35. The van der Waals surface area contributed by atoms with Crippen LogP contribution >= 0.6 is 0 Å². The number of hydrogen-bond donors (Lipinski definition) is 1. The largest absolute Gasteiger partial charge is 0.465 e. The van der Waals surface area contributed by atoms with Crippen molar-refractivity contribution in [1.29, 1.82) is 0 Å². The summed E-state index contributed by atoms with van der Waals surface area (Å²) in [7, 11) is 1.36. The van der Waals surface area contributed by atoms with Crippen LogP contribution in [0.2, 0.25) is 0 Å². The molecule has 1 aromatic rings. The number of hydrogen-bond acceptors (Lipinski definition) is 3. The van der Waals surface area contributed by atoms with Crippen LogP contribution < -0.4 is 5.73 Å². The molecule has 0 bridgehead atoms. The zero-order chi connectivity index (χ0) is 11.0. The Hall–Kier alpha value is -1.35. The molecule has 0 spiro atoms. The molecular formula is C11H17NO2. The third-order valence-corrected chi connectivity index (χ3v) is 1.64. The maximum Gasteiger partial charge on any atom is 0.338 e. The van der Waals surface area contributed by atoms with Gasteiger partial charge in [-0.05, 0) is 11.6 Å². The van der Waals surface area contributed by atoms with Gasteiger partial charge in [0.15, 0.2) is 0 Å². The van der Waals surface area contributed by atoms with E-state index < -0.39 is 0 Å². The molecular weight excluding hydrogens is 178 g/mol. The topological polar surface area (TPSA) is 52.3 Å². The van der Waals surface area contributed by atoms with E-state index in [4.69, 9.17) is 5.73 Å². The van der Waals surface area contributed by atoms with Gasteiger partial charge in [-0.1, -0.05) is 32.0 Å². The third kappa shape index (κ3) is 3.18. The maximum absolute atomic E-state index is 11.1. The van der Waals surface area contributed by atoms with E-state index in [9.17, 15) is 4.79 Å². The molecule has 0 saturated carbocycles. The van der Waals surface area contributed by atoms with E-state index in [1.54, 1.807) is 12.1 Å². The van der Waals surface area contributed by atoms with Gasteiger partial charge in [-0.15, -0.1) is 0 Å². The highest BCUT2D eigenvalue weighted by Crippen LogP contribution is 2.08. The zero-order valence-corrected chi connectivity index (χ0v) is 8.91. The number of ether oxygens (including phenoxy) is 1. The Morgan fingerprint density at radius 3 is 2.43 bits per heavy atom. The van der Waals surface area contributed by atoms with Gasteiger partial charge in [-0.3, -0.25) is 0 Å². The average Bonchev–Trinajstić information content (AvgIpc) is 2.30. The van der Waals surface area contributed by atoms with Crippen LogP contribution in [0.5, 0.6) is 0 Å². The van der Waals surface area contributed by atoms with Crippen LogP contribution in [0, 0.1) is 0 Å². The lowest BCUT2D eigenvalue weighted by Gasteiger charge is -2.03. The van der Waals surface area contributed by atoms with Crippen molar-refractivity contribution in [2.75, 3.05) is 7.11 Å². The van der Waals surface area contributed by atoms with Crippen LogP contribution in [0.25, 0.3) is 0 Å². The highest BCUT2D eigenvalue weighted by Gasteiger charge is 2.08. The fraction of sp³-hybridized carbons (Fsp3) is 0.364. The van der Waals surface area contributed by atoms with Gasteiger partial charge in [-0.2, -0.15) is 0 Å². The molecule has 0 aromatic heterocycles. The first kappa shape index (κ1) is 12.7. The first-order chi connectivity index (χ1) is 6.79. The molecule has 0 heterocycles. The van der Waals surface area contributed by atoms with Crippen molar-refractivity contribution in [2.24, 2.45) is 5.73 Å². The minimum atomic E-state index is -0.337. The lowest BCUT2D eigenvalue weighted by Crippen LogP contribution is -2.08. The minimum absolute atomic E-state index is 0.337. The Kier molecular flexibility index (Phi) is 6.41. The molecule has 14 heavy (non-hydrogen) atoms. The molecule has 0 aliphatic carbocycles. The SMILES string of the molecule is CC.COC(=O)c1ccccc1CN. The van der Waals surface area contributed by atoms with E-state index in [0.29, 0.717) is 12.1 Å². The predicted octanol–water partition coefficient (Wildman–Crippen LogP) is 1.96. The summed E-state index contributed by atoms with van der Waals surface area (Å²) in [6, 6.07) is 7.14. The van der Waals surface area contributed by atoms with Crippen LogP contribution in [0.1, 0.15) is 29.8 Å². The number of nitrogens with two attached hydrogens (primary N) is 1. The summed E-state index contributed by atoms with van der Waals surface area (Å²) in [5.74, 6) is -0.337. The van der Waals surface area contributed by atoms with Crippen molar-refractivity contribution < 1.29 is 9.53 Å². The van der Waals surface area contributed by atoms with Gasteiger partial charge in [-0.25, -0.2) is 4.79 Å². The van der Waals surface area contributed by atoms with Gasteiger partial charge in [0.2, 0.25) is 0 Å². The van der Waals surface area contributed by atoms with E-state index >= 15 is 0 Å². The Bertz CT molecular complexity index is 284. The lowest BCUT2D eigenvalue weighted by molar-refractivity contribution is 0.0599. The average molecular weight is 195 g/mol. The minimum Gasteiger partial charge on any atom is -0.465 e. The summed E-state index contributed by atoms with van der Waals surface area (Å²) in [6.45, 7) is 4.35. The Morgan fingerprint density at radius 1 is 1.36 bits per heavy atom. The summed E-state index contributed by atoms with van der Waals surface area (Å²) in [5.41, 5.74) is 6.79. The molecule has 0 fully saturated rings. The third-order valence-electron chi connectivity index (χ3n) is 1.64. The van der Waals surface area contributed by atoms with Gasteiger partial charge < -0.3 is 10.5 Å². The number of benzene rings is 1. The molecule has 0 unspecified atom stereocenters. The fourth-order valence-electron chi connectivity index (χ4n) is 1.01. The van der Waals surface area contributed by atoms with E-state index in [1.165, 1.54) is 7.11 Å². The first-order valence-corrected chi connectivity index (χ1v) is 4.66. The van der Waals surface area contributed by atoms with Gasteiger partial charge in [0.05, 0.1) is 12.7 Å². The zero-order valence-electron chi connectivity index (χ0n) is 8.91. The first-order valence-electron chi connectivity index (χ1n) is 4.66. The van der Waals surface area contributed by atoms with E-state index in [1.807, 2.05) is 26.0 Å². The van der Waals surface area contributed by atoms with E-state index in [2.05, 4.69) is 4.74 Å². The molecule has 3 nitrogen and oxygen atoms in total. The molecule has 0 radical (unpaired) electrons. The Morgan fingerprint density at radius 2 is 1.93 bits per heavy atom. The highest BCUT2D eigenvalue weighted by atomic mass is 16.5. The second kappa shape index (κ2) is 7.09. The van der Waals surface area contributed by atoms with Gasteiger partial charge in [0.1, 0.15) is 0 Å². The molecule has 0 aliphatic rings. The maximum atomic E-state index is 11.1. The molecule has 1 aromatic carbocycles. The number of methoxy groups -OCH3 is 1. The summed E-state index contributed by atoms with van der Waals surface area (Å²) < 4.78 is 4.58. The Labute approximate surface area is 84.9 Å². The summed E-state index contributed by atoms with van der Waals surface area (Å²) in [4.78, 5) is 11.1. The normalized spacial score (nSPS) is 8.57. The van der Waals surface area contributed by atoms with Crippen LogP contribution in [-0.4, -0.2) is 13.1 Å². The smallest absolute Gasteiger partial charge is 0.338 e. The number of carbonyl (C=O) groups excluding carboxylic acids is 1. The molecule has 1 rings (SSSR count). The summed E-state index contributed by atoms with van der Waals surface area (Å²) in [5, 5.41) is 0. The number of esters is 1. The number of rotatable bonds is 2. The summed E-state index contributed by atoms with van der Waals surface area (Å²) in [6.07, 6.45) is 0. The van der Waals surface area contributed by atoms with Crippen molar-refractivity contribution >= 4 is 5.97 Å². The van der Waals surface area contributed by atoms with Gasteiger partial charge >= 0.3 is 5.97 Å². The highest BCUT2D eigenvalue weighted by molar-refractivity contribution is 5.90. The van der Waals surface area contributed by atoms with Gasteiger partial charge in [0, 0.05) is 6.54 Å². The predicted molar refractivity (Wildman–Crippen MR) is 57.0 cm³/mol. The van der Waals surface area contributed by atoms with Crippen molar-refractivity contribution in [3.8, 4) is 0 Å². The van der Waals surface area contributed by atoms with Crippen LogP contribution in [0.4, 0.5) is 0 Å². The molecule has 0 aliphatic heterocycles.